The summed E-state index contributed by atoms with van der Waals surface area (Å²) in [5.41, 5.74) is 9.44. The van der Waals surface area contributed by atoms with Crippen LogP contribution >= 0.6 is 0 Å². The molecule has 0 aliphatic heterocycles. The number of pyridine rings is 1. The maximum absolute atomic E-state index is 10.7. The lowest BCUT2D eigenvalue weighted by Gasteiger charge is -2.08. The average Bonchev–Trinajstić information content (AvgIpc) is 2.48. The van der Waals surface area contributed by atoms with E-state index in [1.54, 1.807) is 0 Å². The van der Waals surface area contributed by atoms with Crippen LogP contribution in [0.25, 0.3) is 11.3 Å². The van der Waals surface area contributed by atoms with Gasteiger partial charge in [-0.3, -0.25) is 9.78 Å². The highest BCUT2D eigenvalue weighted by molar-refractivity contribution is 5.73. The number of nitrogens with zero attached hydrogens (tertiary/aromatic N) is 1. The summed E-state index contributed by atoms with van der Waals surface area (Å²) < 4.78 is 0. The van der Waals surface area contributed by atoms with Gasteiger partial charge in [0.25, 0.3) is 0 Å². The van der Waals surface area contributed by atoms with Crippen molar-refractivity contribution < 1.29 is 9.90 Å². The van der Waals surface area contributed by atoms with Crippen LogP contribution in [0, 0.1) is 0 Å². The van der Waals surface area contributed by atoms with Gasteiger partial charge in [-0.25, -0.2) is 0 Å². The van der Waals surface area contributed by atoms with Gasteiger partial charge in [0.05, 0.1) is 5.69 Å². The first-order valence-corrected chi connectivity index (χ1v) is 6.63. The van der Waals surface area contributed by atoms with Crippen LogP contribution in [0.2, 0.25) is 0 Å². The minimum absolute atomic E-state index is 0.331. The molecule has 0 spiro atoms. The molecule has 4 heteroatoms. The molecular formula is C16H18N2O2. The maximum Gasteiger partial charge on any atom is 0.320 e. The predicted molar refractivity (Wildman–Crippen MR) is 78.4 cm³/mol. The summed E-state index contributed by atoms with van der Waals surface area (Å²) in [4.78, 5) is 15.3. The second-order valence-electron chi connectivity index (χ2n) is 4.71. The molecule has 1 heterocycles. The number of carboxylic acid groups (broad SMARTS) is 1. The van der Waals surface area contributed by atoms with E-state index in [4.69, 9.17) is 10.8 Å². The number of hydrogen-bond donors (Lipinski definition) is 2. The summed E-state index contributed by atoms with van der Waals surface area (Å²) in [6, 6.07) is 12.8. The van der Waals surface area contributed by atoms with E-state index >= 15 is 0 Å². The Morgan fingerprint density at radius 2 is 1.95 bits per heavy atom. The molecule has 0 fully saturated rings. The third-order valence-electron chi connectivity index (χ3n) is 3.19. The third-order valence-corrected chi connectivity index (χ3v) is 3.19. The van der Waals surface area contributed by atoms with Crippen molar-refractivity contribution in [2.45, 2.75) is 25.8 Å². The zero-order valence-electron chi connectivity index (χ0n) is 11.4. The number of aromatic nitrogens is 1. The number of carboxylic acids is 1. The second kappa shape index (κ2) is 6.30. The van der Waals surface area contributed by atoms with E-state index in [0.717, 1.165) is 28.9 Å². The summed E-state index contributed by atoms with van der Waals surface area (Å²) in [7, 11) is 0. The highest BCUT2D eigenvalue weighted by atomic mass is 16.4. The van der Waals surface area contributed by atoms with Gasteiger partial charge in [0.1, 0.15) is 6.04 Å². The zero-order chi connectivity index (χ0) is 14.5. The fourth-order valence-corrected chi connectivity index (χ4v) is 1.99. The molecule has 1 atom stereocenters. The molecule has 1 aromatic carbocycles. The van der Waals surface area contributed by atoms with Crippen molar-refractivity contribution in [3.63, 3.8) is 0 Å². The van der Waals surface area contributed by atoms with Crippen molar-refractivity contribution in [2.75, 3.05) is 0 Å². The van der Waals surface area contributed by atoms with Crippen LogP contribution in [0.3, 0.4) is 0 Å². The average molecular weight is 270 g/mol. The van der Waals surface area contributed by atoms with Gasteiger partial charge < -0.3 is 10.8 Å². The molecule has 0 bridgehead atoms. The molecule has 0 aliphatic carbocycles. The number of nitrogens with two attached hydrogens (primary N) is 1. The molecule has 4 nitrogen and oxygen atoms in total. The monoisotopic (exact) mass is 270 g/mol. The van der Waals surface area contributed by atoms with Crippen molar-refractivity contribution >= 4 is 5.97 Å². The lowest BCUT2D eigenvalue weighted by atomic mass is 10.0. The van der Waals surface area contributed by atoms with Gasteiger partial charge in [-0.15, -0.1) is 0 Å². The summed E-state index contributed by atoms with van der Waals surface area (Å²) in [6.07, 6.45) is 1.23. The Morgan fingerprint density at radius 3 is 2.55 bits per heavy atom. The number of benzene rings is 1. The minimum atomic E-state index is -0.980. The second-order valence-corrected chi connectivity index (χ2v) is 4.71. The van der Waals surface area contributed by atoms with E-state index in [0.29, 0.717) is 6.42 Å². The molecule has 2 aromatic rings. The van der Waals surface area contributed by atoms with E-state index in [1.807, 2.05) is 42.5 Å². The summed E-state index contributed by atoms with van der Waals surface area (Å²) >= 11 is 0. The van der Waals surface area contributed by atoms with Crippen LogP contribution in [0.15, 0.2) is 42.5 Å². The van der Waals surface area contributed by atoms with Crippen molar-refractivity contribution in [3.05, 3.63) is 53.7 Å². The van der Waals surface area contributed by atoms with E-state index < -0.39 is 12.0 Å². The quantitative estimate of drug-likeness (QED) is 0.873. The molecule has 0 aliphatic rings. The van der Waals surface area contributed by atoms with Crippen LogP contribution in [-0.2, 0) is 17.6 Å². The molecule has 0 saturated carbocycles. The van der Waals surface area contributed by atoms with Crippen molar-refractivity contribution in [1.29, 1.82) is 0 Å². The Balaban J connectivity index is 2.17. The standard InChI is InChI=1S/C16H18N2O2/c1-2-13-4-3-5-15(18-13)12-8-6-11(7-9-12)10-14(17)16(19)20/h3-9,14H,2,10,17H2,1H3,(H,19,20)/t14-/m0/s1. The Morgan fingerprint density at radius 1 is 1.25 bits per heavy atom. The molecular weight excluding hydrogens is 252 g/mol. The topological polar surface area (TPSA) is 76.2 Å². The number of hydrogen-bond acceptors (Lipinski definition) is 3. The third kappa shape index (κ3) is 3.42. The van der Waals surface area contributed by atoms with Gasteiger partial charge in [-0.1, -0.05) is 37.3 Å². The van der Waals surface area contributed by atoms with Crippen LogP contribution < -0.4 is 5.73 Å². The van der Waals surface area contributed by atoms with Crippen LogP contribution in [0.4, 0.5) is 0 Å². The molecule has 2 rings (SSSR count). The Bertz CT molecular complexity index is 594. The number of aryl methyl sites for hydroxylation is 1. The molecule has 3 N–H and O–H groups in total. The lowest BCUT2D eigenvalue weighted by molar-refractivity contribution is -0.138. The van der Waals surface area contributed by atoms with Gasteiger partial charge in [-0.05, 0) is 30.5 Å². The van der Waals surface area contributed by atoms with Gasteiger partial charge in [-0.2, -0.15) is 0 Å². The first kappa shape index (κ1) is 14.2. The molecule has 20 heavy (non-hydrogen) atoms. The van der Waals surface area contributed by atoms with Crippen molar-refractivity contribution in [2.24, 2.45) is 5.73 Å². The smallest absolute Gasteiger partial charge is 0.320 e. The first-order valence-electron chi connectivity index (χ1n) is 6.63. The first-order chi connectivity index (χ1) is 9.60. The SMILES string of the molecule is CCc1cccc(-c2ccc(C[C@H](N)C(=O)O)cc2)n1. The number of rotatable bonds is 5. The van der Waals surface area contributed by atoms with E-state index in [-0.39, 0.29) is 0 Å². The van der Waals surface area contributed by atoms with Crippen molar-refractivity contribution in [1.82, 2.24) is 4.98 Å². The Kier molecular flexibility index (Phi) is 4.48. The number of aliphatic carboxylic acids is 1. The van der Waals surface area contributed by atoms with E-state index in [1.165, 1.54) is 0 Å². The van der Waals surface area contributed by atoms with Crippen molar-refractivity contribution in [3.8, 4) is 11.3 Å². The maximum atomic E-state index is 10.7. The summed E-state index contributed by atoms with van der Waals surface area (Å²) in [6.45, 7) is 2.07. The van der Waals surface area contributed by atoms with Crippen LogP contribution in [-0.4, -0.2) is 22.1 Å². The minimum Gasteiger partial charge on any atom is -0.480 e. The summed E-state index contributed by atoms with van der Waals surface area (Å²) in [5, 5.41) is 8.80. The molecule has 0 saturated heterocycles. The predicted octanol–water partition coefficient (Wildman–Crippen LogP) is 2.27. The van der Waals surface area contributed by atoms with Crippen LogP contribution in [0.5, 0.6) is 0 Å². The molecule has 0 radical (unpaired) electrons. The largest absolute Gasteiger partial charge is 0.480 e. The number of carbonyl (C=O) groups is 1. The Labute approximate surface area is 118 Å². The molecule has 0 amide bonds. The molecule has 104 valence electrons. The Hall–Kier alpha value is -2.20. The van der Waals surface area contributed by atoms with Gasteiger partial charge in [0.15, 0.2) is 0 Å². The highest BCUT2D eigenvalue weighted by Gasteiger charge is 2.12. The molecule has 0 unspecified atom stereocenters. The van der Waals surface area contributed by atoms with Gasteiger partial charge in [0.2, 0.25) is 0 Å². The lowest BCUT2D eigenvalue weighted by Crippen LogP contribution is -2.32. The van der Waals surface area contributed by atoms with Crippen LogP contribution in [0.1, 0.15) is 18.2 Å². The zero-order valence-corrected chi connectivity index (χ0v) is 11.4. The van der Waals surface area contributed by atoms with E-state index in [2.05, 4.69) is 11.9 Å². The fourth-order valence-electron chi connectivity index (χ4n) is 1.99. The van der Waals surface area contributed by atoms with Gasteiger partial charge >= 0.3 is 5.97 Å². The normalized spacial score (nSPS) is 12.1. The van der Waals surface area contributed by atoms with E-state index in [9.17, 15) is 4.79 Å². The van der Waals surface area contributed by atoms with Gasteiger partial charge in [0, 0.05) is 11.3 Å². The fraction of sp³-hybridized carbons (Fsp3) is 0.250. The molecule has 1 aromatic heterocycles. The summed E-state index contributed by atoms with van der Waals surface area (Å²) in [5.74, 6) is -0.980. The highest BCUT2D eigenvalue weighted by Crippen LogP contribution is 2.18.